The predicted molar refractivity (Wildman–Crippen MR) is 66.7 cm³/mol. The molecule has 1 aliphatic heterocycles. The van der Waals surface area contributed by atoms with E-state index >= 15 is 0 Å². The fourth-order valence-corrected chi connectivity index (χ4v) is 4.20. The van der Waals surface area contributed by atoms with Crippen LogP contribution in [0.5, 0.6) is 0 Å². The second kappa shape index (κ2) is 3.69. The van der Waals surface area contributed by atoms with Gasteiger partial charge in [0.25, 0.3) is 0 Å². The predicted octanol–water partition coefficient (Wildman–Crippen LogP) is 2.50. The maximum Gasteiger partial charge on any atom is 0.309 e. The Balaban J connectivity index is 2.11. The van der Waals surface area contributed by atoms with Gasteiger partial charge in [0.05, 0.1) is 5.92 Å². The molecule has 0 aromatic rings. The minimum atomic E-state index is -0.480. The largest absolute Gasteiger partial charge is 0.454 e. The van der Waals surface area contributed by atoms with Gasteiger partial charge >= 0.3 is 5.97 Å². The molecular formula is C15H20O3. The Morgan fingerprint density at radius 3 is 2.67 bits per heavy atom. The van der Waals surface area contributed by atoms with Crippen molar-refractivity contribution in [1.29, 1.82) is 0 Å². The molecule has 0 N–H and O–H groups in total. The van der Waals surface area contributed by atoms with E-state index in [2.05, 4.69) is 6.92 Å². The average Bonchev–Trinajstić information content (AvgIpc) is 2.54. The van der Waals surface area contributed by atoms with Crippen molar-refractivity contribution >= 4 is 11.8 Å². The maximum atomic E-state index is 11.9. The van der Waals surface area contributed by atoms with E-state index in [1.807, 2.05) is 19.9 Å². The number of ether oxygens (including phenoxy) is 1. The maximum absolute atomic E-state index is 11.9. The smallest absolute Gasteiger partial charge is 0.309 e. The lowest BCUT2D eigenvalue weighted by atomic mass is 9.58. The number of esters is 1. The summed E-state index contributed by atoms with van der Waals surface area (Å²) in [7, 11) is 0. The number of carbonyl (C=O) groups is 2. The summed E-state index contributed by atoms with van der Waals surface area (Å²) in [6, 6.07) is 0. The van der Waals surface area contributed by atoms with Crippen molar-refractivity contribution in [2.24, 2.45) is 23.7 Å². The molecule has 1 spiro atoms. The zero-order valence-corrected chi connectivity index (χ0v) is 11.2. The van der Waals surface area contributed by atoms with E-state index in [4.69, 9.17) is 4.74 Å². The van der Waals surface area contributed by atoms with Gasteiger partial charge in [-0.05, 0) is 37.3 Å². The number of rotatable bonds is 0. The van der Waals surface area contributed by atoms with Crippen LogP contribution in [0.3, 0.4) is 0 Å². The molecule has 3 rings (SSSR count). The number of ketones is 1. The van der Waals surface area contributed by atoms with Gasteiger partial charge < -0.3 is 4.74 Å². The molecule has 0 aromatic heterocycles. The van der Waals surface area contributed by atoms with Gasteiger partial charge in [-0.15, -0.1) is 0 Å². The minimum absolute atomic E-state index is 0.0303. The van der Waals surface area contributed by atoms with Gasteiger partial charge in [0.2, 0.25) is 0 Å². The molecular weight excluding hydrogens is 229 g/mol. The molecule has 0 bridgehead atoms. The molecule has 0 aromatic carbocycles. The van der Waals surface area contributed by atoms with E-state index in [0.29, 0.717) is 12.3 Å². The SMILES string of the molecule is C[C@@H]1CC[C@H]2[C@@H](C)C(=O)O[C@]23C=C([13CH3])C(=O)C[C@@H]13. The average molecular weight is 249 g/mol. The Labute approximate surface area is 108 Å². The number of hydrogen-bond donors (Lipinski definition) is 0. The molecule has 5 atom stereocenters. The van der Waals surface area contributed by atoms with E-state index in [0.717, 1.165) is 18.4 Å². The highest BCUT2D eigenvalue weighted by molar-refractivity contribution is 5.96. The number of hydrogen-bond acceptors (Lipinski definition) is 3. The standard InChI is InChI=1S/C15H20O3/c1-8-4-5-11-10(3)14(17)18-15(11)7-9(2)13(16)6-12(8)15/h7-8,10-12H,4-6H2,1-3H3/t8-,10-,11+,12+,15-/m1/s1/i2+1. The molecule has 2 aliphatic carbocycles. The van der Waals surface area contributed by atoms with Crippen molar-refractivity contribution in [2.45, 2.75) is 45.6 Å². The van der Waals surface area contributed by atoms with Crippen molar-refractivity contribution < 1.29 is 14.3 Å². The molecule has 1 saturated heterocycles. The monoisotopic (exact) mass is 249 g/mol. The summed E-state index contributed by atoms with van der Waals surface area (Å²) in [4.78, 5) is 23.9. The second-order valence-electron chi connectivity index (χ2n) is 6.29. The molecule has 3 heteroatoms. The van der Waals surface area contributed by atoms with Crippen LogP contribution in [0.2, 0.25) is 0 Å². The fourth-order valence-electron chi connectivity index (χ4n) is 4.20. The molecule has 2 fully saturated rings. The Bertz CT molecular complexity index is 451. The fraction of sp³-hybridized carbons (Fsp3) is 0.733. The lowest BCUT2D eigenvalue weighted by molar-refractivity contribution is -0.156. The summed E-state index contributed by atoms with van der Waals surface area (Å²) < 4.78 is 5.79. The Morgan fingerprint density at radius 2 is 1.94 bits per heavy atom. The first-order valence-electron chi connectivity index (χ1n) is 6.91. The summed E-state index contributed by atoms with van der Waals surface area (Å²) >= 11 is 0. The Morgan fingerprint density at radius 1 is 1.22 bits per heavy atom. The first kappa shape index (κ1) is 11.9. The van der Waals surface area contributed by atoms with Crippen LogP contribution < -0.4 is 0 Å². The highest BCUT2D eigenvalue weighted by atomic mass is 16.6. The highest BCUT2D eigenvalue weighted by Crippen LogP contribution is 2.55. The van der Waals surface area contributed by atoms with E-state index < -0.39 is 5.60 Å². The van der Waals surface area contributed by atoms with Gasteiger partial charge in [-0.3, -0.25) is 9.59 Å². The topological polar surface area (TPSA) is 43.4 Å². The molecule has 0 amide bonds. The Hall–Kier alpha value is -1.12. The molecule has 0 radical (unpaired) electrons. The van der Waals surface area contributed by atoms with Crippen molar-refractivity contribution in [1.82, 2.24) is 0 Å². The van der Waals surface area contributed by atoms with E-state index in [-0.39, 0.29) is 29.5 Å². The molecule has 3 nitrogen and oxygen atoms in total. The van der Waals surface area contributed by atoms with Crippen LogP contribution >= 0.6 is 0 Å². The third kappa shape index (κ3) is 1.36. The van der Waals surface area contributed by atoms with Crippen molar-refractivity contribution in [2.75, 3.05) is 0 Å². The van der Waals surface area contributed by atoms with Gasteiger partial charge in [0.1, 0.15) is 5.60 Å². The zero-order chi connectivity index (χ0) is 13.1. The summed E-state index contributed by atoms with van der Waals surface area (Å²) in [6.07, 6.45) is 4.63. The first-order valence-corrected chi connectivity index (χ1v) is 6.91. The van der Waals surface area contributed by atoms with E-state index in [1.54, 1.807) is 0 Å². The minimum Gasteiger partial charge on any atom is -0.454 e. The van der Waals surface area contributed by atoms with E-state index in [1.165, 1.54) is 0 Å². The number of Topliss-reactive ketones (excluding diaryl/α,β-unsaturated/α-hetero) is 1. The van der Waals surface area contributed by atoms with Crippen molar-refractivity contribution in [3.63, 3.8) is 0 Å². The molecule has 1 heterocycles. The quantitative estimate of drug-likeness (QED) is 0.489. The number of carbonyl (C=O) groups excluding carboxylic acids is 2. The van der Waals surface area contributed by atoms with Gasteiger partial charge in [-0.1, -0.05) is 13.8 Å². The van der Waals surface area contributed by atoms with Gasteiger partial charge in [0.15, 0.2) is 5.78 Å². The summed E-state index contributed by atoms with van der Waals surface area (Å²) in [5.74, 6) is 0.992. The van der Waals surface area contributed by atoms with E-state index in [9.17, 15) is 9.59 Å². The molecule has 1 saturated carbocycles. The highest BCUT2D eigenvalue weighted by Gasteiger charge is 2.61. The van der Waals surface area contributed by atoms with Crippen LogP contribution in [0.25, 0.3) is 0 Å². The van der Waals surface area contributed by atoms with Crippen LogP contribution in [0, 0.1) is 23.7 Å². The third-order valence-electron chi connectivity index (χ3n) is 5.32. The summed E-state index contributed by atoms with van der Waals surface area (Å²) in [5.41, 5.74) is 0.291. The molecule has 98 valence electrons. The Kier molecular flexibility index (Phi) is 2.45. The first-order chi connectivity index (χ1) is 8.45. The van der Waals surface area contributed by atoms with Crippen LogP contribution in [-0.2, 0) is 14.3 Å². The van der Waals surface area contributed by atoms with Crippen molar-refractivity contribution in [3.05, 3.63) is 11.6 Å². The molecule has 0 unspecified atom stereocenters. The lowest BCUT2D eigenvalue weighted by Crippen LogP contribution is -2.52. The van der Waals surface area contributed by atoms with Crippen LogP contribution in [0.15, 0.2) is 11.6 Å². The second-order valence-corrected chi connectivity index (χ2v) is 6.29. The van der Waals surface area contributed by atoms with Gasteiger partial charge in [0, 0.05) is 18.3 Å². The van der Waals surface area contributed by atoms with Crippen LogP contribution in [0.4, 0.5) is 0 Å². The van der Waals surface area contributed by atoms with Crippen LogP contribution in [-0.4, -0.2) is 17.4 Å². The lowest BCUT2D eigenvalue weighted by Gasteiger charge is -2.48. The molecule has 3 aliphatic rings. The van der Waals surface area contributed by atoms with Crippen molar-refractivity contribution in [3.8, 4) is 0 Å². The normalized spacial score (nSPS) is 47.2. The zero-order valence-electron chi connectivity index (χ0n) is 11.2. The third-order valence-corrected chi connectivity index (χ3v) is 5.32. The number of allylic oxidation sites excluding steroid dienone is 1. The summed E-state index contributed by atoms with van der Waals surface area (Å²) in [6.45, 7) is 6.00. The van der Waals surface area contributed by atoms with Gasteiger partial charge in [-0.2, -0.15) is 0 Å². The summed E-state index contributed by atoms with van der Waals surface area (Å²) in [5, 5.41) is 0. The van der Waals surface area contributed by atoms with Gasteiger partial charge in [-0.25, -0.2) is 0 Å². The molecule has 18 heavy (non-hydrogen) atoms. The van der Waals surface area contributed by atoms with Crippen LogP contribution in [0.1, 0.15) is 40.0 Å².